The van der Waals surface area contributed by atoms with Crippen LogP contribution in [0.2, 0.25) is 0 Å². The van der Waals surface area contributed by atoms with Crippen LogP contribution in [0.15, 0.2) is 48.5 Å². The number of hydrogen-bond donors (Lipinski definition) is 1. The molecule has 27 heavy (non-hydrogen) atoms. The lowest BCUT2D eigenvalue weighted by molar-refractivity contribution is 0.0303. The molecule has 1 N–H and O–H groups in total. The lowest BCUT2D eigenvalue weighted by Gasteiger charge is -2.26. The van der Waals surface area contributed by atoms with E-state index in [0.717, 1.165) is 11.3 Å². The van der Waals surface area contributed by atoms with Gasteiger partial charge < -0.3 is 19.7 Å². The van der Waals surface area contributed by atoms with Crippen LogP contribution in [-0.4, -0.2) is 56.7 Å². The summed E-state index contributed by atoms with van der Waals surface area (Å²) in [5.41, 5.74) is 2.17. The Morgan fingerprint density at radius 1 is 1.04 bits per heavy atom. The third-order valence-corrected chi connectivity index (χ3v) is 4.56. The van der Waals surface area contributed by atoms with E-state index in [2.05, 4.69) is 5.32 Å². The monoisotopic (exact) mass is 368 g/mol. The predicted molar refractivity (Wildman–Crippen MR) is 102 cm³/mol. The first-order valence-corrected chi connectivity index (χ1v) is 9.06. The summed E-state index contributed by atoms with van der Waals surface area (Å²) < 4.78 is 10.6. The van der Waals surface area contributed by atoms with E-state index in [0.29, 0.717) is 50.4 Å². The highest BCUT2D eigenvalue weighted by Crippen LogP contribution is 2.17. The highest BCUT2D eigenvalue weighted by Gasteiger charge is 2.18. The average molecular weight is 368 g/mol. The van der Waals surface area contributed by atoms with E-state index in [4.69, 9.17) is 9.47 Å². The molecule has 2 aromatic rings. The van der Waals surface area contributed by atoms with Gasteiger partial charge >= 0.3 is 0 Å². The molecule has 0 spiro atoms. The molecule has 1 aliphatic heterocycles. The van der Waals surface area contributed by atoms with Crippen LogP contribution in [-0.2, 0) is 11.2 Å². The number of amides is 2. The summed E-state index contributed by atoms with van der Waals surface area (Å²) in [6.45, 7) is 2.85. The van der Waals surface area contributed by atoms with Crippen LogP contribution in [0.5, 0.6) is 5.75 Å². The average Bonchev–Trinajstić information content (AvgIpc) is 2.74. The maximum Gasteiger partial charge on any atom is 0.254 e. The van der Waals surface area contributed by atoms with Crippen molar-refractivity contribution < 1.29 is 19.1 Å². The van der Waals surface area contributed by atoms with Crippen molar-refractivity contribution in [3.8, 4) is 5.75 Å². The van der Waals surface area contributed by atoms with Gasteiger partial charge in [0.05, 0.1) is 20.3 Å². The van der Waals surface area contributed by atoms with E-state index in [1.54, 1.807) is 36.3 Å². The lowest BCUT2D eigenvalue weighted by Crippen LogP contribution is -2.40. The van der Waals surface area contributed by atoms with Crippen molar-refractivity contribution in [2.45, 2.75) is 6.42 Å². The van der Waals surface area contributed by atoms with Crippen molar-refractivity contribution in [1.29, 1.82) is 0 Å². The van der Waals surface area contributed by atoms with Gasteiger partial charge in [0.1, 0.15) is 5.75 Å². The van der Waals surface area contributed by atoms with E-state index in [1.165, 1.54) is 0 Å². The van der Waals surface area contributed by atoms with Crippen LogP contribution in [0.4, 0.5) is 0 Å². The molecule has 0 radical (unpaired) electrons. The zero-order valence-corrected chi connectivity index (χ0v) is 15.4. The number of morpholine rings is 1. The highest BCUT2D eigenvalue weighted by molar-refractivity contribution is 5.97. The number of benzene rings is 2. The Bertz CT molecular complexity index is 783. The molecule has 2 aromatic carbocycles. The van der Waals surface area contributed by atoms with Gasteiger partial charge in [0, 0.05) is 30.8 Å². The van der Waals surface area contributed by atoms with Crippen molar-refractivity contribution in [3.63, 3.8) is 0 Å². The number of methoxy groups -OCH3 is 1. The second kappa shape index (κ2) is 9.19. The van der Waals surface area contributed by atoms with E-state index in [1.807, 2.05) is 24.3 Å². The molecule has 1 heterocycles. The first-order valence-electron chi connectivity index (χ1n) is 9.06. The summed E-state index contributed by atoms with van der Waals surface area (Å²) in [6.07, 6.45) is 0.684. The third-order valence-electron chi connectivity index (χ3n) is 4.56. The van der Waals surface area contributed by atoms with Crippen molar-refractivity contribution in [2.75, 3.05) is 40.0 Å². The van der Waals surface area contributed by atoms with Gasteiger partial charge in [-0.05, 0) is 42.3 Å². The van der Waals surface area contributed by atoms with Gasteiger partial charge in [-0.2, -0.15) is 0 Å². The molecule has 0 atom stereocenters. The molecule has 0 bridgehead atoms. The Morgan fingerprint density at radius 2 is 1.70 bits per heavy atom. The van der Waals surface area contributed by atoms with E-state index < -0.39 is 0 Å². The SMILES string of the molecule is COc1ccccc1CCNC(=O)c1ccc(C(=O)N2CCOCC2)cc1. The molecule has 1 saturated heterocycles. The summed E-state index contributed by atoms with van der Waals surface area (Å²) in [4.78, 5) is 26.5. The van der Waals surface area contributed by atoms with Gasteiger partial charge in [0.25, 0.3) is 11.8 Å². The largest absolute Gasteiger partial charge is 0.496 e. The van der Waals surface area contributed by atoms with Crippen LogP contribution < -0.4 is 10.1 Å². The molecule has 0 aliphatic carbocycles. The second-order valence-electron chi connectivity index (χ2n) is 6.30. The first kappa shape index (κ1) is 18.9. The number of rotatable bonds is 6. The molecule has 0 aromatic heterocycles. The van der Waals surface area contributed by atoms with Gasteiger partial charge in [0.15, 0.2) is 0 Å². The fraction of sp³-hybridized carbons (Fsp3) is 0.333. The molecule has 6 nitrogen and oxygen atoms in total. The Balaban J connectivity index is 1.53. The molecular formula is C21H24N2O4. The number of carbonyl (C=O) groups excluding carboxylic acids is 2. The zero-order valence-electron chi connectivity index (χ0n) is 15.4. The van der Waals surface area contributed by atoms with Crippen LogP contribution in [0.25, 0.3) is 0 Å². The second-order valence-corrected chi connectivity index (χ2v) is 6.30. The molecule has 0 saturated carbocycles. The number of nitrogens with zero attached hydrogens (tertiary/aromatic N) is 1. The van der Waals surface area contributed by atoms with Gasteiger partial charge in [-0.1, -0.05) is 18.2 Å². The normalized spacial score (nSPS) is 13.9. The number of para-hydroxylation sites is 1. The number of nitrogens with one attached hydrogen (secondary N) is 1. The first-order chi connectivity index (χ1) is 13.2. The van der Waals surface area contributed by atoms with E-state index >= 15 is 0 Å². The van der Waals surface area contributed by atoms with Crippen molar-refractivity contribution >= 4 is 11.8 Å². The zero-order chi connectivity index (χ0) is 19.1. The summed E-state index contributed by atoms with van der Waals surface area (Å²) in [5, 5.41) is 2.90. The minimum atomic E-state index is -0.157. The van der Waals surface area contributed by atoms with Crippen LogP contribution in [0.3, 0.4) is 0 Å². The molecule has 0 unspecified atom stereocenters. The van der Waals surface area contributed by atoms with Crippen molar-refractivity contribution in [2.24, 2.45) is 0 Å². The lowest BCUT2D eigenvalue weighted by atomic mass is 10.1. The van der Waals surface area contributed by atoms with Crippen LogP contribution in [0.1, 0.15) is 26.3 Å². The molecule has 3 rings (SSSR count). The number of carbonyl (C=O) groups is 2. The Labute approximate surface area is 159 Å². The Kier molecular flexibility index (Phi) is 6.44. The third kappa shape index (κ3) is 4.86. The van der Waals surface area contributed by atoms with Gasteiger partial charge in [0.2, 0.25) is 0 Å². The van der Waals surface area contributed by atoms with Crippen molar-refractivity contribution in [3.05, 3.63) is 65.2 Å². The molecule has 2 amide bonds. The summed E-state index contributed by atoms with van der Waals surface area (Å²) in [5.74, 6) is 0.634. The quantitative estimate of drug-likeness (QED) is 0.848. The molecule has 1 fully saturated rings. The molecule has 6 heteroatoms. The minimum Gasteiger partial charge on any atom is -0.496 e. The molecule has 142 valence electrons. The summed E-state index contributed by atoms with van der Waals surface area (Å²) in [6, 6.07) is 14.5. The number of ether oxygens (including phenoxy) is 2. The molecular weight excluding hydrogens is 344 g/mol. The highest BCUT2D eigenvalue weighted by atomic mass is 16.5. The predicted octanol–water partition coefficient (Wildman–Crippen LogP) is 2.14. The van der Waals surface area contributed by atoms with E-state index in [-0.39, 0.29) is 11.8 Å². The van der Waals surface area contributed by atoms with Crippen LogP contribution in [0, 0.1) is 0 Å². The smallest absolute Gasteiger partial charge is 0.254 e. The van der Waals surface area contributed by atoms with Crippen molar-refractivity contribution in [1.82, 2.24) is 10.2 Å². The standard InChI is InChI=1S/C21H24N2O4/c1-26-19-5-3-2-4-16(19)10-11-22-20(24)17-6-8-18(9-7-17)21(25)23-12-14-27-15-13-23/h2-9H,10-15H2,1H3,(H,22,24). The van der Waals surface area contributed by atoms with Gasteiger partial charge in [-0.15, -0.1) is 0 Å². The fourth-order valence-electron chi connectivity index (χ4n) is 3.04. The number of hydrogen-bond acceptors (Lipinski definition) is 4. The fourth-order valence-corrected chi connectivity index (χ4v) is 3.04. The van der Waals surface area contributed by atoms with E-state index in [9.17, 15) is 9.59 Å². The Morgan fingerprint density at radius 3 is 2.41 bits per heavy atom. The van der Waals surface area contributed by atoms with Gasteiger partial charge in [-0.3, -0.25) is 9.59 Å². The summed E-state index contributed by atoms with van der Waals surface area (Å²) >= 11 is 0. The molecule has 1 aliphatic rings. The van der Waals surface area contributed by atoms with Gasteiger partial charge in [-0.25, -0.2) is 0 Å². The van der Waals surface area contributed by atoms with Crippen LogP contribution >= 0.6 is 0 Å². The maximum absolute atomic E-state index is 12.4. The minimum absolute atomic E-state index is 0.0265. The maximum atomic E-state index is 12.4. The Hall–Kier alpha value is -2.86. The summed E-state index contributed by atoms with van der Waals surface area (Å²) in [7, 11) is 1.64. The topological polar surface area (TPSA) is 67.9 Å².